The zero-order valence-electron chi connectivity index (χ0n) is 10.2. The van der Waals surface area contributed by atoms with Crippen molar-refractivity contribution in [3.05, 3.63) is 29.6 Å². The number of halogens is 1. The first-order valence-electron chi connectivity index (χ1n) is 6.17. The lowest BCUT2D eigenvalue weighted by Crippen LogP contribution is -2.32. The zero-order valence-corrected chi connectivity index (χ0v) is 10.2. The smallest absolute Gasteiger partial charge is 0.251 e. The Hall–Kier alpha value is -1.62. The first-order chi connectivity index (χ1) is 8.56. The van der Waals surface area contributed by atoms with Gasteiger partial charge in [0.05, 0.1) is 5.56 Å². The predicted octanol–water partition coefficient (Wildman–Crippen LogP) is 1.61. The van der Waals surface area contributed by atoms with E-state index in [4.69, 9.17) is 11.5 Å². The van der Waals surface area contributed by atoms with Crippen LogP contribution in [0.25, 0.3) is 0 Å². The molecule has 5 N–H and O–H groups in total. The highest BCUT2D eigenvalue weighted by atomic mass is 19.1. The first kappa shape index (κ1) is 12.8. The SMILES string of the molecule is NC(=O)c1ccc(NC2CCC(N)CC2)cc1F. The molecule has 0 aromatic heterocycles. The number of rotatable bonds is 3. The Balaban J connectivity index is 2.02. The number of carbonyl (C=O) groups excluding carboxylic acids is 1. The molecule has 1 fully saturated rings. The third-order valence-corrected chi connectivity index (χ3v) is 3.38. The van der Waals surface area contributed by atoms with E-state index in [2.05, 4.69) is 5.32 Å². The summed E-state index contributed by atoms with van der Waals surface area (Å²) < 4.78 is 13.6. The molecule has 1 aromatic rings. The molecule has 0 aliphatic heterocycles. The quantitative estimate of drug-likeness (QED) is 0.763. The van der Waals surface area contributed by atoms with E-state index in [-0.39, 0.29) is 11.6 Å². The summed E-state index contributed by atoms with van der Waals surface area (Å²) in [5.41, 5.74) is 11.5. The van der Waals surface area contributed by atoms with Crippen LogP contribution in [0.4, 0.5) is 10.1 Å². The first-order valence-corrected chi connectivity index (χ1v) is 6.17. The summed E-state index contributed by atoms with van der Waals surface area (Å²) in [7, 11) is 0. The Morgan fingerprint density at radius 3 is 2.50 bits per heavy atom. The van der Waals surface area contributed by atoms with Crippen LogP contribution in [0.1, 0.15) is 36.0 Å². The topological polar surface area (TPSA) is 81.1 Å². The Labute approximate surface area is 106 Å². The maximum Gasteiger partial charge on any atom is 0.251 e. The van der Waals surface area contributed by atoms with Gasteiger partial charge in [-0.15, -0.1) is 0 Å². The third-order valence-electron chi connectivity index (χ3n) is 3.38. The van der Waals surface area contributed by atoms with Gasteiger partial charge in [-0.05, 0) is 43.9 Å². The van der Waals surface area contributed by atoms with Crippen LogP contribution in [0.5, 0.6) is 0 Å². The second-order valence-electron chi connectivity index (χ2n) is 4.81. The summed E-state index contributed by atoms with van der Waals surface area (Å²) in [6.07, 6.45) is 3.94. The van der Waals surface area contributed by atoms with E-state index in [1.165, 1.54) is 12.1 Å². The van der Waals surface area contributed by atoms with E-state index in [0.717, 1.165) is 25.7 Å². The van der Waals surface area contributed by atoms with Crippen molar-refractivity contribution < 1.29 is 9.18 Å². The zero-order chi connectivity index (χ0) is 13.1. The number of nitrogens with one attached hydrogen (secondary N) is 1. The number of benzene rings is 1. The van der Waals surface area contributed by atoms with Gasteiger partial charge < -0.3 is 16.8 Å². The molecular weight excluding hydrogens is 233 g/mol. The lowest BCUT2D eigenvalue weighted by molar-refractivity contribution is 0.0996. The molecule has 1 saturated carbocycles. The van der Waals surface area contributed by atoms with Gasteiger partial charge in [0.1, 0.15) is 5.82 Å². The van der Waals surface area contributed by atoms with Gasteiger partial charge in [-0.2, -0.15) is 0 Å². The molecule has 0 saturated heterocycles. The minimum atomic E-state index is -0.748. The number of anilines is 1. The number of hydrogen-bond donors (Lipinski definition) is 3. The average molecular weight is 251 g/mol. The van der Waals surface area contributed by atoms with Crippen LogP contribution in [0.3, 0.4) is 0 Å². The van der Waals surface area contributed by atoms with Gasteiger partial charge in [0.25, 0.3) is 5.91 Å². The van der Waals surface area contributed by atoms with Crippen LogP contribution in [0.15, 0.2) is 18.2 Å². The van der Waals surface area contributed by atoms with Crippen molar-refractivity contribution >= 4 is 11.6 Å². The highest BCUT2D eigenvalue weighted by Gasteiger charge is 2.18. The normalized spacial score (nSPS) is 23.7. The van der Waals surface area contributed by atoms with Crippen LogP contribution in [0.2, 0.25) is 0 Å². The van der Waals surface area contributed by atoms with Crippen molar-refractivity contribution in [2.75, 3.05) is 5.32 Å². The van der Waals surface area contributed by atoms with Gasteiger partial charge in [0, 0.05) is 17.8 Å². The molecule has 1 aromatic carbocycles. The Morgan fingerprint density at radius 2 is 1.94 bits per heavy atom. The van der Waals surface area contributed by atoms with Crippen molar-refractivity contribution in [1.82, 2.24) is 0 Å². The van der Waals surface area contributed by atoms with E-state index in [1.807, 2.05) is 0 Å². The fourth-order valence-corrected chi connectivity index (χ4v) is 2.30. The predicted molar refractivity (Wildman–Crippen MR) is 68.8 cm³/mol. The van der Waals surface area contributed by atoms with Crippen LogP contribution < -0.4 is 16.8 Å². The van der Waals surface area contributed by atoms with Crippen molar-refractivity contribution in [2.24, 2.45) is 11.5 Å². The highest BCUT2D eigenvalue weighted by Crippen LogP contribution is 2.22. The molecule has 18 heavy (non-hydrogen) atoms. The molecule has 0 atom stereocenters. The van der Waals surface area contributed by atoms with Gasteiger partial charge in [-0.1, -0.05) is 0 Å². The summed E-state index contributed by atoms with van der Waals surface area (Å²) in [6, 6.07) is 5.02. The lowest BCUT2D eigenvalue weighted by Gasteiger charge is -2.27. The summed E-state index contributed by atoms with van der Waals surface area (Å²) in [6.45, 7) is 0. The maximum absolute atomic E-state index is 13.6. The summed E-state index contributed by atoms with van der Waals surface area (Å²) in [5.74, 6) is -1.33. The molecule has 0 bridgehead atoms. The fourth-order valence-electron chi connectivity index (χ4n) is 2.30. The number of primary amides is 1. The monoisotopic (exact) mass is 251 g/mol. The van der Waals surface area contributed by atoms with Crippen molar-refractivity contribution in [1.29, 1.82) is 0 Å². The largest absolute Gasteiger partial charge is 0.382 e. The fraction of sp³-hybridized carbons (Fsp3) is 0.462. The standard InChI is InChI=1S/C13H18FN3O/c14-12-7-10(5-6-11(12)13(16)18)17-9-3-1-8(15)2-4-9/h5-9,17H,1-4,15H2,(H2,16,18). The number of amides is 1. The molecule has 1 aliphatic carbocycles. The minimum Gasteiger partial charge on any atom is -0.382 e. The minimum absolute atomic E-state index is 0.0776. The number of hydrogen-bond acceptors (Lipinski definition) is 3. The second kappa shape index (κ2) is 5.35. The molecule has 98 valence electrons. The molecule has 0 spiro atoms. The Morgan fingerprint density at radius 1 is 1.28 bits per heavy atom. The van der Waals surface area contributed by atoms with Crippen LogP contribution in [-0.4, -0.2) is 18.0 Å². The summed E-state index contributed by atoms with van der Waals surface area (Å²) >= 11 is 0. The van der Waals surface area contributed by atoms with Gasteiger partial charge in [-0.3, -0.25) is 4.79 Å². The summed E-state index contributed by atoms with van der Waals surface area (Å²) in [5, 5.41) is 3.26. The molecule has 2 rings (SSSR count). The highest BCUT2D eigenvalue weighted by molar-refractivity contribution is 5.93. The number of nitrogens with two attached hydrogens (primary N) is 2. The summed E-state index contributed by atoms with van der Waals surface area (Å²) in [4.78, 5) is 10.9. The van der Waals surface area contributed by atoms with Crippen molar-refractivity contribution in [3.8, 4) is 0 Å². The van der Waals surface area contributed by atoms with E-state index in [1.54, 1.807) is 6.07 Å². The second-order valence-corrected chi connectivity index (χ2v) is 4.81. The lowest BCUT2D eigenvalue weighted by atomic mass is 9.91. The molecule has 4 nitrogen and oxygen atoms in total. The molecule has 0 heterocycles. The third kappa shape index (κ3) is 2.98. The van der Waals surface area contributed by atoms with Gasteiger partial charge in [0.15, 0.2) is 0 Å². The van der Waals surface area contributed by atoms with E-state index in [0.29, 0.717) is 11.7 Å². The number of carbonyl (C=O) groups is 1. The van der Waals surface area contributed by atoms with E-state index in [9.17, 15) is 9.18 Å². The molecule has 0 unspecified atom stereocenters. The van der Waals surface area contributed by atoms with Gasteiger partial charge in [-0.25, -0.2) is 4.39 Å². The average Bonchev–Trinajstić information content (AvgIpc) is 2.32. The van der Waals surface area contributed by atoms with Crippen LogP contribution >= 0.6 is 0 Å². The molecule has 0 radical (unpaired) electrons. The molecule has 5 heteroatoms. The van der Waals surface area contributed by atoms with Crippen LogP contribution in [0, 0.1) is 5.82 Å². The van der Waals surface area contributed by atoms with E-state index < -0.39 is 11.7 Å². The Kier molecular flexibility index (Phi) is 3.81. The van der Waals surface area contributed by atoms with Gasteiger partial charge >= 0.3 is 0 Å². The molecular formula is C13H18FN3O. The van der Waals surface area contributed by atoms with Gasteiger partial charge in [0.2, 0.25) is 0 Å². The van der Waals surface area contributed by atoms with Crippen molar-refractivity contribution in [2.45, 2.75) is 37.8 Å². The van der Waals surface area contributed by atoms with Crippen LogP contribution in [-0.2, 0) is 0 Å². The van der Waals surface area contributed by atoms with E-state index >= 15 is 0 Å². The molecule has 1 aliphatic rings. The molecule has 1 amide bonds. The maximum atomic E-state index is 13.6. The van der Waals surface area contributed by atoms with Crippen molar-refractivity contribution in [3.63, 3.8) is 0 Å². The Bertz CT molecular complexity index is 442.